The molecule has 0 spiro atoms. The summed E-state index contributed by atoms with van der Waals surface area (Å²) in [4.78, 5) is 5.09. The van der Waals surface area contributed by atoms with Gasteiger partial charge < -0.3 is 0 Å². The third-order valence-corrected chi connectivity index (χ3v) is 4.82. The van der Waals surface area contributed by atoms with Crippen LogP contribution in [0.4, 0.5) is 0 Å². The van der Waals surface area contributed by atoms with Crippen molar-refractivity contribution in [1.29, 1.82) is 0 Å². The summed E-state index contributed by atoms with van der Waals surface area (Å²) in [6.07, 6.45) is 10.7. The molecule has 0 N–H and O–H groups in total. The van der Waals surface area contributed by atoms with Gasteiger partial charge in [0.05, 0.1) is 4.88 Å². The van der Waals surface area contributed by atoms with E-state index in [0.717, 1.165) is 4.88 Å². The van der Waals surface area contributed by atoms with E-state index in [1.165, 1.54) is 32.2 Å². The lowest BCUT2D eigenvalue weighted by Crippen LogP contribution is -1.67. The summed E-state index contributed by atoms with van der Waals surface area (Å²) in [6, 6.07) is 8.26. The second-order valence-electron chi connectivity index (χ2n) is 5.41. The number of hydrogen-bond acceptors (Lipinski definition) is 2. The first kappa shape index (κ1) is 18.5. The minimum Gasteiger partial charge on any atom is -0.146 e. The van der Waals surface area contributed by atoms with Crippen LogP contribution in [0.2, 0.25) is 0 Å². The first-order valence-corrected chi connectivity index (χ1v) is 8.93. The average Bonchev–Trinajstić information content (AvgIpc) is 3.15. The number of allylic oxidation sites excluding steroid dienone is 4. The van der Waals surface area contributed by atoms with Crippen LogP contribution in [0.5, 0.6) is 0 Å². The fraction of sp³-hybridized carbons (Fsp3) is 0.300. The summed E-state index contributed by atoms with van der Waals surface area (Å²) < 4.78 is 0. The number of hydrogen-bond donors (Lipinski definition) is 0. The van der Waals surface area contributed by atoms with Crippen molar-refractivity contribution in [3.05, 3.63) is 67.1 Å². The van der Waals surface area contributed by atoms with Crippen LogP contribution in [0.1, 0.15) is 39.8 Å². The maximum Gasteiger partial charge on any atom is 0.0768 e. The first-order chi connectivity index (χ1) is 10.4. The Morgan fingerprint density at radius 1 is 0.773 bits per heavy atom. The molecule has 0 nitrogen and oxygen atoms in total. The molecule has 0 radical (unpaired) electrons. The van der Waals surface area contributed by atoms with Crippen LogP contribution in [0.3, 0.4) is 0 Å². The van der Waals surface area contributed by atoms with E-state index in [2.05, 4.69) is 57.9 Å². The van der Waals surface area contributed by atoms with Crippen LogP contribution in [-0.2, 0) is 0 Å². The zero-order chi connectivity index (χ0) is 16.5. The highest BCUT2D eigenvalue weighted by Gasteiger charge is 1.95. The summed E-state index contributed by atoms with van der Waals surface area (Å²) in [5, 5.41) is 0. The Morgan fingerprint density at radius 3 is 1.41 bits per heavy atom. The molecule has 0 amide bonds. The Balaban J connectivity index is 0.000000166. The van der Waals surface area contributed by atoms with E-state index in [1.54, 1.807) is 11.3 Å². The summed E-state index contributed by atoms with van der Waals surface area (Å²) in [7, 11) is 0. The second-order valence-corrected chi connectivity index (χ2v) is 8.19. The van der Waals surface area contributed by atoms with Crippen LogP contribution in [0, 0.1) is 33.1 Å². The maximum absolute atomic E-state index is 5.12. The number of thiophene rings is 2. The molecule has 0 aromatic carbocycles. The van der Waals surface area contributed by atoms with E-state index in [4.69, 9.17) is 6.42 Å². The van der Waals surface area contributed by atoms with Gasteiger partial charge in [-0.1, -0.05) is 29.2 Å². The molecule has 0 aliphatic heterocycles. The van der Waals surface area contributed by atoms with Gasteiger partial charge in [-0.3, -0.25) is 0 Å². The van der Waals surface area contributed by atoms with Crippen molar-refractivity contribution >= 4 is 22.7 Å². The van der Waals surface area contributed by atoms with E-state index >= 15 is 0 Å². The Bertz CT molecular complexity index is 655. The molecule has 0 atom stereocenters. The molecule has 0 fully saturated rings. The van der Waals surface area contributed by atoms with Gasteiger partial charge in [0.1, 0.15) is 0 Å². The molecule has 2 heterocycles. The highest BCUT2D eigenvalue weighted by atomic mass is 32.1. The number of terminal acetylenes is 1. The van der Waals surface area contributed by atoms with Gasteiger partial charge in [0.2, 0.25) is 0 Å². The Morgan fingerprint density at radius 2 is 1.23 bits per heavy atom. The van der Waals surface area contributed by atoms with Crippen LogP contribution in [-0.4, -0.2) is 0 Å². The molecule has 0 bridgehead atoms. The molecule has 2 heteroatoms. The highest BCUT2D eigenvalue weighted by molar-refractivity contribution is 7.12. The van der Waals surface area contributed by atoms with Crippen molar-refractivity contribution in [2.75, 3.05) is 0 Å². The summed E-state index contributed by atoms with van der Waals surface area (Å²) in [5.41, 5.74) is 2.97. The molecule has 2 aromatic heterocycles. The molecule has 0 saturated carbocycles. The van der Waals surface area contributed by atoms with Crippen molar-refractivity contribution in [2.24, 2.45) is 0 Å². The van der Waals surface area contributed by atoms with Gasteiger partial charge in [-0.25, -0.2) is 0 Å². The van der Waals surface area contributed by atoms with Crippen molar-refractivity contribution in [1.82, 2.24) is 0 Å². The van der Waals surface area contributed by atoms with Crippen LogP contribution < -0.4 is 0 Å². The van der Waals surface area contributed by atoms with Crippen molar-refractivity contribution in [3.8, 4) is 12.3 Å². The fourth-order valence-corrected chi connectivity index (χ4v) is 3.37. The van der Waals surface area contributed by atoms with Crippen molar-refractivity contribution in [2.45, 2.75) is 41.0 Å². The molecule has 0 saturated heterocycles. The van der Waals surface area contributed by atoms with Gasteiger partial charge >= 0.3 is 0 Å². The number of aryl methyl sites for hydroxylation is 3. The summed E-state index contributed by atoms with van der Waals surface area (Å²) in [6.45, 7) is 10.6. The Kier molecular flexibility index (Phi) is 7.95. The first-order valence-electron chi connectivity index (χ1n) is 7.29. The van der Waals surface area contributed by atoms with E-state index in [0.29, 0.717) is 0 Å². The topological polar surface area (TPSA) is 0 Å². The van der Waals surface area contributed by atoms with Crippen LogP contribution in [0.25, 0.3) is 0 Å². The molecule has 0 unspecified atom stereocenters. The molecular formula is C20H24S2. The molecule has 1 aliphatic carbocycles. The van der Waals surface area contributed by atoms with Gasteiger partial charge in [-0.05, 0) is 65.3 Å². The molecule has 116 valence electrons. The van der Waals surface area contributed by atoms with E-state index in [9.17, 15) is 0 Å². The molecular weight excluding hydrogens is 304 g/mol. The predicted molar refractivity (Wildman–Crippen MR) is 103 cm³/mol. The monoisotopic (exact) mass is 328 g/mol. The SMILES string of the molecule is C#Cc1ccc(C)s1.CC1=CC=C(C)C1.Cc1ccc(C)s1. The molecule has 1 aliphatic rings. The van der Waals surface area contributed by atoms with Gasteiger partial charge in [0, 0.05) is 14.6 Å². The Labute approximate surface area is 143 Å². The van der Waals surface area contributed by atoms with E-state index in [1.807, 2.05) is 30.4 Å². The molecule has 3 rings (SSSR count). The average molecular weight is 329 g/mol. The van der Waals surface area contributed by atoms with E-state index in [-0.39, 0.29) is 0 Å². The summed E-state index contributed by atoms with van der Waals surface area (Å²) >= 11 is 3.49. The Hall–Kier alpha value is -1.56. The van der Waals surface area contributed by atoms with Gasteiger partial charge in [0.25, 0.3) is 0 Å². The van der Waals surface area contributed by atoms with Gasteiger partial charge in [-0.2, -0.15) is 0 Å². The predicted octanol–water partition coefficient (Wildman–Crippen LogP) is 6.69. The lowest BCUT2D eigenvalue weighted by atomic mass is 10.2. The van der Waals surface area contributed by atoms with Gasteiger partial charge in [0.15, 0.2) is 0 Å². The summed E-state index contributed by atoms with van der Waals surface area (Å²) in [5.74, 6) is 2.57. The molecule has 2 aromatic rings. The minimum atomic E-state index is 1.02. The standard InChI is InChI=1S/C7H6S.C7H10.C6H8S/c1-3-7-5-4-6(2)8-7;1-6-3-4-7(2)5-6;1-5-3-4-6(2)7-5/h1,4-5H,2H3;3-4H,5H2,1-2H3;3-4H,1-2H3. The fourth-order valence-electron chi connectivity index (χ4n) is 1.91. The highest BCUT2D eigenvalue weighted by Crippen LogP contribution is 2.16. The zero-order valence-electron chi connectivity index (χ0n) is 14.1. The lowest BCUT2D eigenvalue weighted by Gasteiger charge is -1.87. The largest absolute Gasteiger partial charge is 0.146 e. The second kappa shape index (κ2) is 9.46. The van der Waals surface area contributed by atoms with Gasteiger partial charge in [-0.15, -0.1) is 29.1 Å². The van der Waals surface area contributed by atoms with E-state index < -0.39 is 0 Å². The number of rotatable bonds is 0. The normalized spacial score (nSPS) is 12.2. The third kappa shape index (κ3) is 7.45. The smallest absolute Gasteiger partial charge is 0.0768 e. The quantitative estimate of drug-likeness (QED) is 0.473. The van der Waals surface area contributed by atoms with Crippen LogP contribution >= 0.6 is 22.7 Å². The zero-order valence-corrected chi connectivity index (χ0v) is 15.7. The third-order valence-electron chi connectivity index (χ3n) is 2.97. The van der Waals surface area contributed by atoms with Crippen LogP contribution in [0.15, 0.2) is 47.6 Å². The van der Waals surface area contributed by atoms with Crippen molar-refractivity contribution in [3.63, 3.8) is 0 Å². The van der Waals surface area contributed by atoms with Crippen molar-refractivity contribution < 1.29 is 0 Å². The lowest BCUT2D eigenvalue weighted by molar-refractivity contribution is 1.15. The minimum absolute atomic E-state index is 1.02. The molecule has 22 heavy (non-hydrogen) atoms. The maximum atomic E-state index is 5.12.